The molecule has 0 atom stereocenters. The Morgan fingerprint density at radius 1 is 1.46 bits per heavy atom. The van der Waals surface area contributed by atoms with Crippen LogP contribution in [0.15, 0.2) is 6.07 Å². The summed E-state index contributed by atoms with van der Waals surface area (Å²) in [6.45, 7) is 0.639. The van der Waals surface area contributed by atoms with Crippen LogP contribution < -0.4 is 5.32 Å². The molecule has 0 aromatic heterocycles. The molecule has 1 aliphatic rings. The molecule has 1 aliphatic heterocycles. The second-order valence-electron chi connectivity index (χ2n) is 2.89. The highest BCUT2D eigenvalue weighted by molar-refractivity contribution is 5.59. The molecule has 1 nitrogen and oxygen atoms in total. The van der Waals surface area contributed by atoms with Crippen LogP contribution in [0, 0.1) is 24.0 Å². The SMILES string of the molecule is C#Cc1c(F)cc2c(c1F)CCN2. The molecule has 0 bridgehead atoms. The number of fused-ring (bicyclic) bond motifs is 1. The molecule has 0 amide bonds. The average molecular weight is 179 g/mol. The third-order valence-corrected chi connectivity index (χ3v) is 2.15. The molecular weight excluding hydrogens is 172 g/mol. The summed E-state index contributed by atoms with van der Waals surface area (Å²) < 4.78 is 26.5. The van der Waals surface area contributed by atoms with Crippen LogP contribution in [-0.4, -0.2) is 6.54 Å². The van der Waals surface area contributed by atoms with Gasteiger partial charge in [0.1, 0.15) is 11.6 Å². The Hall–Kier alpha value is -1.56. The largest absolute Gasteiger partial charge is 0.384 e. The highest BCUT2D eigenvalue weighted by Gasteiger charge is 2.20. The number of benzene rings is 1. The minimum absolute atomic E-state index is 0.262. The van der Waals surface area contributed by atoms with E-state index in [1.807, 2.05) is 5.92 Å². The van der Waals surface area contributed by atoms with Crippen LogP contribution in [0.25, 0.3) is 0 Å². The highest BCUT2D eigenvalue weighted by atomic mass is 19.1. The van der Waals surface area contributed by atoms with E-state index in [-0.39, 0.29) is 5.56 Å². The lowest BCUT2D eigenvalue weighted by Gasteiger charge is -2.03. The Morgan fingerprint density at radius 2 is 2.23 bits per heavy atom. The summed E-state index contributed by atoms with van der Waals surface area (Å²) in [5, 5.41) is 2.88. The molecule has 0 aliphatic carbocycles. The van der Waals surface area contributed by atoms with Gasteiger partial charge >= 0.3 is 0 Å². The van der Waals surface area contributed by atoms with Gasteiger partial charge in [-0.05, 0) is 12.5 Å². The molecule has 1 aromatic rings. The monoisotopic (exact) mass is 179 g/mol. The molecule has 0 fully saturated rings. The van der Waals surface area contributed by atoms with Crippen LogP contribution in [-0.2, 0) is 6.42 Å². The summed E-state index contributed by atoms with van der Waals surface area (Å²) in [6, 6.07) is 1.25. The van der Waals surface area contributed by atoms with Crippen molar-refractivity contribution in [1.29, 1.82) is 0 Å². The first-order chi connectivity index (χ1) is 6.24. The maximum atomic E-state index is 13.4. The van der Waals surface area contributed by atoms with E-state index in [1.165, 1.54) is 6.07 Å². The van der Waals surface area contributed by atoms with Crippen molar-refractivity contribution in [3.05, 3.63) is 28.8 Å². The Labute approximate surface area is 74.8 Å². The van der Waals surface area contributed by atoms with Crippen LogP contribution in [0.3, 0.4) is 0 Å². The van der Waals surface area contributed by atoms with E-state index >= 15 is 0 Å². The molecule has 0 radical (unpaired) electrons. The first-order valence-corrected chi connectivity index (χ1v) is 3.95. The van der Waals surface area contributed by atoms with Crippen molar-refractivity contribution in [3.63, 3.8) is 0 Å². The van der Waals surface area contributed by atoms with Crippen molar-refractivity contribution < 1.29 is 8.78 Å². The van der Waals surface area contributed by atoms with Crippen LogP contribution in [0.1, 0.15) is 11.1 Å². The fourth-order valence-electron chi connectivity index (χ4n) is 1.52. The summed E-state index contributed by atoms with van der Waals surface area (Å²) in [6.07, 6.45) is 5.56. The highest BCUT2D eigenvalue weighted by Crippen LogP contribution is 2.28. The first-order valence-electron chi connectivity index (χ1n) is 3.95. The summed E-state index contributed by atoms with van der Waals surface area (Å²) in [7, 11) is 0. The van der Waals surface area contributed by atoms with Crippen LogP contribution in [0.5, 0.6) is 0 Å². The zero-order valence-electron chi connectivity index (χ0n) is 6.82. The van der Waals surface area contributed by atoms with E-state index in [9.17, 15) is 8.78 Å². The molecule has 66 valence electrons. The van der Waals surface area contributed by atoms with Crippen LogP contribution in [0.2, 0.25) is 0 Å². The smallest absolute Gasteiger partial charge is 0.147 e. The van der Waals surface area contributed by atoms with Gasteiger partial charge in [-0.15, -0.1) is 6.42 Å². The Kier molecular flexibility index (Phi) is 1.70. The number of terminal acetylenes is 1. The van der Waals surface area contributed by atoms with Crippen LogP contribution in [0.4, 0.5) is 14.5 Å². The lowest BCUT2D eigenvalue weighted by Crippen LogP contribution is -1.95. The van der Waals surface area contributed by atoms with E-state index in [2.05, 4.69) is 5.32 Å². The second kappa shape index (κ2) is 2.74. The minimum Gasteiger partial charge on any atom is -0.384 e. The standard InChI is InChI=1S/C10H7F2N/c1-2-6-8(11)5-9-7(10(6)12)3-4-13-9/h1,5,13H,3-4H2. The fraction of sp³-hybridized carbons (Fsp3) is 0.200. The third-order valence-electron chi connectivity index (χ3n) is 2.15. The fourth-order valence-corrected chi connectivity index (χ4v) is 1.52. The lowest BCUT2D eigenvalue weighted by molar-refractivity contribution is 0.571. The summed E-state index contributed by atoms with van der Waals surface area (Å²) in [4.78, 5) is 0. The number of halogens is 2. The lowest BCUT2D eigenvalue weighted by atomic mass is 10.1. The van der Waals surface area contributed by atoms with Crippen molar-refractivity contribution in [1.82, 2.24) is 0 Å². The van der Waals surface area contributed by atoms with Crippen molar-refractivity contribution in [2.75, 3.05) is 11.9 Å². The van der Waals surface area contributed by atoms with Crippen molar-refractivity contribution in [2.45, 2.75) is 6.42 Å². The molecule has 0 spiro atoms. The Balaban J connectivity index is 2.71. The van der Waals surface area contributed by atoms with Gasteiger partial charge in [-0.1, -0.05) is 5.92 Å². The number of rotatable bonds is 0. The van der Waals surface area contributed by atoms with Gasteiger partial charge in [0, 0.05) is 17.8 Å². The van der Waals surface area contributed by atoms with Gasteiger partial charge in [0.25, 0.3) is 0 Å². The first kappa shape index (κ1) is 8.06. The van der Waals surface area contributed by atoms with Crippen LogP contribution >= 0.6 is 0 Å². The van der Waals surface area contributed by atoms with Crippen molar-refractivity contribution in [2.24, 2.45) is 0 Å². The van der Waals surface area contributed by atoms with E-state index in [0.717, 1.165) is 0 Å². The van der Waals surface area contributed by atoms with Gasteiger partial charge in [0.2, 0.25) is 0 Å². The number of hydrogen-bond donors (Lipinski definition) is 1. The Bertz CT molecular complexity index is 404. The molecule has 1 heterocycles. The van der Waals surface area contributed by atoms with E-state index in [4.69, 9.17) is 6.42 Å². The predicted molar refractivity (Wildman–Crippen MR) is 46.5 cm³/mol. The van der Waals surface area contributed by atoms with Gasteiger partial charge in [-0.2, -0.15) is 0 Å². The quantitative estimate of drug-likeness (QED) is 0.600. The van der Waals surface area contributed by atoms with E-state index in [0.29, 0.717) is 24.2 Å². The van der Waals surface area contributed by atoms with Gasteiger partial charge in [-0.25, -0.2) is 8.78 Å². The molecule has 0 saturated heterocycles. The third kappa shape index (κ3) is 1.06. The molecule has 3 heteroatoms. The topological polar surface area (TPSA) is 12.0 Å². The minimum atomic E-state index is -0.673. The number of nitrogens with one attached hydrogen (secondary N) is 1. The molecule has 2 rings (SSSR count). The zero-order valence-corrected chi connectivity index (χ0v) is 6.82. The molecule has 13 heavy (non-hydrogen) atoms. The maximum Gasteiger partial charge on any atom is 0.147 e. The Morgan fingerprint density at radius 3 is 2.92 bits per heavy atom. The molecule has 1 aromatic carbocycles. The van der Waals surface area contributed by atoms with E-state index in [1.54, 1.807) is 0 Å². The average Bonchev–Trinajstić information content (AvgIpc) is 2.53. The second-order valence-corrected chi connectivity index (χ2v) is 2.89. The van der Waals surface area contributed by atoms with Gasteiger partial charge in [-0.3, -0.25) is 0 Å². The van der Waals surface area contributed by atoms with Crippen molar-refractivity contribution >= 4 is 5.69 Å². The normalized spacial score (nSPS) is 13.3. The number of anilines is 1. The zero-order chi connectivity index (χ0) is 9.42. The molecular formula is C10H7F2N. The summed E-state index contributed by atoms with van der Waals surface area (Å²) >= 11 is 0. The van der Waals surface area contributed by atoms with Gasteiger partial charge in [0.05, 0.1) is 5.56 Å². The van der Waals surface area contributed by atoms with Gasteiger partial charge in [0.15, 0.2) is 0 Å². The van der Waals surface area contributed by atoms with Crippen molar-refractivity contribution in [3.8, 4) is 12.3 Å². The molecule has 0 saturated carbocycles. The molecule has 1 N–H and O–H groups in total. The predicted octanol–water partition coefficient (Wildman–Crippen LogP) is 1.91. The molecule has 0 unspecified atom stereocenters. The maximum absolute atomic E-state index is 13.4. The number of hydrogen-bond acceptors (Lipinski definition) is 1. The summed E-state index contributed by atoms with van der Waals surface area (Å²) in [5.41, 5.74) is 0.755. The summed E-state index contributed by atoms with van der Waals surface area (Å²) in [5.74, 6) is 0.748. The van der Waals surface area contributed by atoms with E-state index < -0.39 is 11.6 Å². The van der Waals surface area contributed by atoms with Gasteiger partial charge < -0.3 is 5.32 Å².